The number of hydrogen-bond donors (Lipinski definition) is 1. The lowest BCUT2D eigenvalue weighted by Gasteiger charge is -2.10. The van der Waals surface area contributed by atoms with Crippen molar-refractivity contribution in [2.75, 3.05) is 6.61 Å². The zero-order chi connectivity index (χ0) is 13.6. The average molecular weight is 265 g/mol. The number of nitrogens with one attached hydrogen (secondary N) is 1. The number of thiocarbonyl (C=S) groups is 1. The van der Waals surface area contributed by atoms with Gasteiger partial charge in [0.2, 0.25) is 0 Å². The molecule has 0 unspecified atom stereocenters. The van der Waals surface area contributed by atoms with Crippen LogP contribution in [0.2, 0.25) is 0 Å². The lowest BCUT2D eigenvalue weighted by molar-refractivity contribution is 0.290. The topological polar surface area (TPSA) is 21.3 Å². The molecule has 0 atom stereocenters. The second-order valence-electron chi connectivity index (χ2n) is 3.77. The van der Waals surface area contributed by atoms with Crippen LogP contribution in [0.1, 0.15) is 32.6 Å². The average Bonchev–Trinajstić information content (AvgIpc) is 2.36. The summed E-state index contributed by atoms with van der Waals surface area (Å²) < 4.78 is 5.43. The molecule has 0 aromatic carbocycles. The fourth-order valence-corrected chi connectivity index (χ4v) is 1.49. The Morgan fingerprint density at radius 3 is 2.61 bits per heavy atom. The summed E-state index contributed by atoms with van der Waals surface area (Å²) >= 11 is 5.10. The van der Waals surface area contributed by atoms with Crippen LogP contribution >= 0.6 is 12.2 Å². The van der Waals surface area contributed by atoms with Crippen LogP contribution in [0.3, 0.4) is 0 Å². The molecule has 0 spiro atoms. The van der Waals surface area contributed by atoms with Gasteiger partial charge in [0.1, 0.15) is 0 Å². The maximum absolute atomic E-state index is 5.43. The number of rotatable bonds is 9. The highest BCUT2D eigenvalue weighted by molar-refractivity contribution is 7.80. The predicted octanol–water partition coefficient (Wildman–Crippen LogP) is 4.27. The molecule has 0 aliphatic rings. The van der Waals surface area contributed by atoms with Crippen LogP contribution in [0.4, 0.5) is 0 Å². The summed E-state index contributed by atoms with van der Waals surface area (Å²) in [5.41, 5.74) is 0.837. The normalized spacial score (nSPS) is 11.3. The highest BCUT2D eigenvalue weighted by Gasteiger charge is 1.98. The van der Waals surface area contributed by atoms with Crippen LogP contribution in [-0.2, 0) is 4.74 Å². The van der Waals surface area contributed by atoms with E-state index in [0.29, 0.717) is 11.8 Å². The molecule has 0 rings (SSSR count). The van der Waals surface area contributed by atoms with Crippen LogP contribution in [0.5, 0.6) is 0 Å². The molecular formula is C15H23NOS. The van der Waals surface area contributed by atoms with Gasteiger partial charge in [-0.1, -0.05) is 57.6 Å². The molecule has 0 heterocycles. The molecule has 1 N–H and O–H groups in total. The third kappa shape index (κ3) is 9.85. The first-order chi connectivity index (χ1) is 8.74. The molecule has 0 aliphatic heterocycles. The molecule has 0 aromatic heterocycles. The van der Waals surface area contributed by atoms with Crippen molar-refractivity contribution in [3.05, 3.63) is 49.2 Å². The van der Waals surface area contributed by atoms with Gasteiger partial charge in [-0.05, 0) is 30.8 Å². The fraction of sp³-hybridized carbons (Fsp3) is 0.400. The lowest BCUT2D eigenvalue weighted by Crippen LogP contribution is -2.23. The van der Waals surface area contributed by atoms with Gasteiger partial charge >= 0.3 is 0 Å². The molecule has 0 saturated carbocycles. The van der Waals surface area contributed by atoms with Crippen LogP contribution < -0.4 is 5.32 Å². The van der Waals surface area contributed by atoms with Crippen LogP contribution in [0.15, 0.2) is 49.2 Å². The Morgan fingerprint density at radius 1 is 1.22 bits per heavy atom. The third-order valence-corrected chi connectivity index (χ3v) is 2.41. The lowest BCUT2D eigenvalue weighted by atomic mass is 10.2. The maximum Gasteiger partial charge on any atom is 0.261 e. The summed E-state index contributed by atoms with van der Waals surface area (Å²) in [6.45, 7) is 10.1. The molecular weight excluding hydrogens is 242 g/mol. The fourth-order valence-electron chi connectivity index (χ4n) is 1.29. The van der Waals surface area contributed by atoms with Crippen LogP contribution in [0.25, 0.3) is 0 Å². The summed E-state index contributed by atoms with van der Waals surface area (Å²) in [5.74, 6) is 0. The second kappa shape index (κ2) is 12.1. The van der Waals surface area contributed by atoms with E-state index in [9.17, 15) is 0 Å². The standard InChI is InChI=1S/C15H23NOS/c1-4-7-9-10-13-17-15(18)16-14(11-6-3)12-8-5-2/h5-6,8,11-12H,2-4,7,9-10,13H2,1H3,(H,16,18)/b12-8-,14-11+. The molecule has 0 amide bonds. The van der Waals surface area contributed by atoms with Gasteiger partial charge in [-0.2, -0.15) is 0 Å². The van der Waals surface area contributed by atoms with E-state index in [1.165, 1.54) is 19.3 Å². The van der Waals surface area contributed by atoms with Crippen molar-refractivity contribution in [2.24, 2.45) is 0 Å². The molecule has 0 saturated heterocycles. The molecule has 2 nitrogen and oxygen atoms in total. The summed E-state index contributed by atoms with van der Waals surface area (Å²) in [5, 5.41) is 3.40. The number of ether oxygens (including phenoxy) is 1. The van der Waals surface area contributed by atoms with E-state index in [2.05, 4.69) is 25.4 Å². The molecule has 0 fully saturated rings. The first-order valence-electron chi connectivity index (χ1n) is 6.30. The van der Waals surface area contributed by atoms with Crippen LogP contribution in [0, 0.1) is 0 Å². The zero-order valence-corrected chi connectivity index (χ0v) is 12.0. The predicted molar refractivity (Wildman–Crippen MR) is 83.4 cm³/mol. The molecule has 0 bridgehead atoms. The smallest absolute Gasteiger partial charge is 0.261 e. The minimum Gasteiger partial charge on any atom is -0.471 e. The zero-order valence-electron chi connectivity index (χ0n) is 11.2. The van der Waals surface area contributed by atoms with Crippen LogP contribution in [-0.4, -0.2) is 11.8 Å². The van der Waals surface area contributed by atoms with Gasteiger partial charge in [-0.15, -0.1) is 0 Å². The number of allylic oxidation sites excluding steroid dienone is 5. The molecule has 3 heteroatoms. The molecule has 0 aromatic rings. The van der Waals surface area contributed by atoms with E-state index in [0.717, 1.165) is 12.1 Å². The molecule has 0 aliphatic carbocycles. The molecule has 0 radical (unpaired) electrons. The van der Waals surface area contributed by atoms with Crippen molar-refractivity contribution in [1.82, 2.24) is 5.32 Å². The van der Waals surface area contributed by atoms with Crippen molar-refractivity contribution < 1.29 is 4.74 Å². The Morgan fingerprint density at radius 2 is 2.00 bits per heavy atom. The van der Waals surface area contributed by atoms with Crippen molar-refractivity contribution in [2.45, 2.75) is 32.6 Å². The Kier molecular flexibility index (Phi) is 11.2. The minimum atomic E-state index is 0.397. The molecule has 18 heavy (non-hydrogen) atoms. The van der Waals surface area contributed by atoms with Crippen molar-refractivity contribution >= 4 is 17.4 Å². The van der Waals surface area contributed by atoms with Gasteiger partial charge in [0.25, 0.3) is 5.17 Å². The van der Waals surface area contributed by atoms with Crippen molar-refractivity contribution in [1.29, 1.82) is 0 Å². The highest BCUT2D eigenvalue weighted by atomic mass is 32.1. The third-order valence-electron chi connectivity index (χ3n) is 2.19. The second-order valence-corrected chi connectivity index (χ2v) is 4.14. The first-order valence-corrected chi connectivity index (χ1v) is 6.71. The minimum absolute atomic E-state index is 0.397. The maximum atomic E-state index is 5.43. The first kappa shape index (κ1) is 16.6. The quantitative estimate of drug-likeness (QED) is 0.382. The van der Waals surface area contributed by atoms with E-state index in [1.807, 2.05) is 18.2 Å². The number of hydrogen-bond acceptors (Lipinski definition) is 2. The van der Waals surface area contributed by atoms with E-state index in [4.69, 9.17) is 17.0 Å². The highest BCUT2D eigenvalue weighted by Crippen LogP contribution is 2.00. The Hall–Kier alpha value is -1.35. The Balaban J connectivity index is 3.95. The van der Waals surface area contributed by atoms with E-state index < -0.39 is 0 Å². The van der Waals surface area contributed by atoms with Gasteiger partial charge in [-0.25, -0.2) is 0 Å². The SMILES string of the molecule is C=C/C=C\C(=C/C=C)NC(=S)OCCCCCC. The molecule has 100 valence electrons. The monoisotopic (exact) mass is 265 g/mol. The largest absolute Gasteiger partial charge is 0.471 e. The van der Waals surface area contributed by atoms with Gasteiger partial charge in [-0.3, -0.25) is 0 Å². The van der Waals surface area contributed by atoms with Gasteiger partial charge in [0.05, 0.1) is 6.61 Å². The summed E-state index contributed by atoms with van der Waals surface area (Å²) in [7, 11) is 0. The summed E-state index contributed by atoms with van der Waals surface area (Å²) in [4.78, 5) is 0. The van der Waals surface area contributed by atoms with Gasteiger partial charge in [0, 0.05) is 5.70 Å². The van der Waals surface area contributed by atoms with Gasteiger partial charge < -0.3 is 10.1 Å². The summed E-state index contributed by atoms with van der Waals surface area (Å²) in [6.07, 6.45) is 13.6. The van der Waals surface area contributed by atoms with Gasteiger partial charge in [0.15, 0.2) is 0 Å². The van der Waals surface area contributed by atoms with E-state index in [-0.39, 0.29) is 0 Å². The Labute approximate surface area is 116 Å². The van der Waals surface area contributed by atoms with Crippen molar-refractivity contribution in [3.63, 3.8) is 0 Å². The Bertz CT molecular complexity index is 318. The number of unbranched alkanes of at least 4 members (excludes halogenated alkanes) is 3. The summed E-state index contributed by atoms with van der Waals surface area (Å²) in [6, 6.07) is 0. The van der Waals surface area contributed by atoms with Crippen molar-refractivity contribution in [3.8, 4) is 0 Å². The van der Waals surface area contributed by atoms with E-state index >= 15 is 0 Å². The van der Waals surface area contributed by atoms with E-state index in [1.54, 1.807) is 12.2 Å².